The monoisotopic (exact) mass is 463 g/mol. The van der Waals surface area contributed by atoms with Gasteiger partial charge in [0.05, 0.1) is 39.3 Å². The van der Waals surface area contributed by atoms with E-state index in [1.54, 1.807) is 34.0 Å². The summed E-state index contributed by atoms with van der Waals surface area (Å²) < 4.78 is 28.2. The van der Waals surface area contributed by atoms with E-state index in [1.807, 2.05) is 13.8 Å². The van der Waals surface area contributed by atoms with Crippen LogP contribution in [-0.4, -0.2) is 57.1 Å². The van der Waals surface area contributed by atoms with Gasteiger partial charge in [-0.05, 0) is 32.4 Å². The summed E-state index contributed by atoms with van der Waals surface area (Å²) in [5, 5.41) is 13.5. The summed E-state index contributed by atoms with van der Waals surface area (Å²) in [7, 11) is -3.82. The van der Waals surface area contributed by atoms with Crippen LogP contribution in [0.3, 0.4) is 0 Å². The first-order chi connectivity index (χ1) is 14.7. The third kappa shape index (κ3) is 4.05. The number of rotatable bonds is 6. The van der Waals surface area contributed by atoms with Gasteiger partial charge in [0, 0.05) is 12.6 Å². The molecule has 11 heteroatoms. The van der Waals surface area contributed by atoms with Gasteiger partial charge in [0.25, 0.3) is 0 Å². The van der Waals surface area contributed by atoms with Crippen LogP contribution in [0.15, 0.2) is 41.4 Å². The maximum Gasteiger partial charge on any atom is 0.326 e. The van der Waals surface area contributed by atoms with Crippen molar-refractivity contribution in [2.75, 3.05) is 11.4 Å². The molecular weight excluding hydrogens is 442 g/mol. The lowest BCUT2D eigenvalue weighted by Crippen LogP contribution is -2.37. The molecular formula is C20H22ClN5O4S. The highest BCUT2D eigenvalue weighted by Gasteiger charge is 2.45. The van der Waals surface area contributed by atoms with Crippen LogP contribution in [0, 0.1) is 13.8 Å². The molecule has 31 heavy (non-hydrogen) atoms. The van der Waals surface area contributed by atoms with E-state index < -0.39 is 27.1 Å². The van der Waals surface area contributed by atoms with E-state index in [0.717, 1.165) is 11.5 Å². The number of anilines is 1. The molecule has 3 aromatic rings. The molecule has 0 saturated carbocycles. The Morgan fingerprint density at radius 3 is 2.71 bits per heavy atom. The number of hydrogen-bond acceptors (Lipinski definition) is 6. The van der Waals surface area contributed by atoms with Crippen molar-refractivity contribution in [2.24, 2.45) is 0 Å². The highest BCUT2D eigenvalue weighted by atomic mass is 35.5. The SMILES string of the molecule is Cc1cc(N2C[C@H](S(=O)(=O)c3ccccc3Cl)C[C@H]2C(=O)O)n(Cc2cnc(C)[nH]2)n1. The van der Waals surface area contributed by atoms with Crippen molar-refractivity contribution in [2.45, 2.75) is 43.0 Å². The number of carbonyl (C=O) groups is 1. The number of H-pyrrole nitrogens is 1. The standard InChI is InChI=1S/C20H22ClN5O4S/c1-12-7-19(26(24-12)10-14-9-22-13(2)23-14)25-11-15(8-17(25)20(27)28)31(29,30)18-6-4-3-5-16(18)21/h3-7,9,15,17H,8,10-11H2,1-2H3,(H,22,23)(H,27,28)/t15-,17+/m1/s1. The van der Waals surface area contributed by atoms with Gasteiger partial charge < -0.3 is 15.0 Å². The minimum Gasteiger partial charge on any atom is -0.480 e. The zero-order chi connectivity index (χ0) is 22.3. The van der Waals surface area contributed by atoms with Gasteiger partial charge in [-0.15, -0.1) is 0 Å². The van der Waals surface area contributed by atoms with Crippen LogP contribution in [-0.2, 0) is 21.2 Å². The van der Waals surface area contributed by atoms with E-state index >= 15 is 0 Å². The maximum atomic E-state index is 13.2. The van der Waals surface area contributed by atoms with Crippen LogP contribution in [0.4, 0.5) is 5.82 Å². The molecule has 1 aromatic carbocycles. The largest absolute Gasteiger partial charge is 0.480 e. The zero-order valence-electron chi connectivity index (χ0n) is 17.0. The maximum absolute atomic E-state index is 13.2. The van der Waals surface area contributed by atoms with E-state index in [2.05, 4.69) is 15.1 Å². The molecule has 1 saturated heterocycles. The molecule has 0 radical (unpaired) electrons. The van der Waals surface area contributed by atoms with Crippen molar-refractivity contribution in [3.05, 3.63) is 58.8 Å². The molecule has 0 bridgehead atoms. The number of aliphatic carboxylic acids is 1. The minimum atomic E-state index is -3.82. The molecule has 2 atom stereocenters. The van der Waals surface area contributed by atoms with Gasteiger partial charge in [-0.3, -0.25) is 0 Å². The van der Waals surface area contributed by atoms with Gasteiger partial charge in [0.2, 0.25) is 0 Å². The first kappa shape index (κ1) is 21.4. The number of benzene rings is 1. The Bertz CT molecular complexity index is 1240. The Morgan fingerprint density at radius 1 is 1.32 bits per heavy atom. The van der Waals surface area contributed by atoms with E-state index in [4.69, 9.17) is 11.6 Å². The Hall–Kier alpha value is -2.85. The summed E-state index contributed by atoms with van der Waals surface area (Å²) in [5.41, 5.74) is 1.51. The second-order valence-electron chi connectivity index (χ2n) is 7.63. The fourth-order valence-corrected chi connectivity index (χ4v) is 6.18. The number of aromatic amines is 1. The van der Waals surface area contributed by atoms with Crippen molar-refractivity contribution in [1.82, 2.24) is 19.7 Å². The van der Waals surface area contributed by atoms with Gasteiger partial charge in [0.1, 0.15) is 17.7 Å². The highest BCUT2D eigenvalue weighted by Crippen LogP contribution is 2.34. The van der Waals surface area contributed by atoms with Crippen LogP contribution in [0.2, 0.25) is 5.02 Å². The molecule has 0 amide bonds. The lowest BCUT2D eigenvalue weighted by atomic mass is 10.2. The van der Waals surface area contributed by atoms with Gasteiger partial charge in [-0.1, -0.05) is 23.7 Å². The Balaban J connectivity index is 1.69. The first-order valence-electron chi connectivity index (χ1n) is 9.69. The normalized spacial score (nSPS) is 19.1. The molecule has 0 aliphatic carbocycles. The molecule has 4 rings (SSSR count). The van der Waals surface area contributed by atoms with Crippen molar-refractivity contribution >= 4 is 33.2 Å². The first-order valence-corrected chi connectivity index (χ1v) is 11.6. The number of aromatic nitrogens is 4. The van der Waals surface area contributed by atoms with Gasteiger partial charge in [0.15, 0.2) is 9.84 Å². The van der Waals surface area contributed by atoms with E-state index in [0.29, 0.717) is 18.1 Å². The molecule has 1 fully saturated rings. The van der Waals surface area contributed by atoms with Crippen LogP contribution in [0.25, 0.3) is 0 Å². The van der Waals surface area contributed by atoms with Crippen LogP contribution in [0.1, 0.15) is 23.6 Å². The summed E-state index contributed by atoms with van der Waals surface area (Å²) in [5.74, 6) is 0.226. The van der Waals surface area contributed by atoms with E-state index in [-0.39, 0.29) is 22.9 Å². The van der Waals surface area contributed by atoms with Crippen molar-refractivity contribution in [3.63, 3.8) is 0 Å². The summed E-state index contributed by atoms with van der Waals surface area (Å²) >= 11 is 6.13. The summed E-state index contributed by atoms with van der Waals surface area (Å²) in [4.78, 5) is 21.0. The number of carboxylic acid groups (broad SMARTS) is 1. The smallest absolute Gasteiger partial charge is 0.326 e. The van der Waals surface area contributed by atoms with Crippen molar-refractivity contribution in [1.29, 1.82) is 0 Å². The second-order valence-corrected chi connectivity index (χ2v) is 10.2. The second kappa shape index (κ2) is 8.01. The lowest BCUT2D eigenvalue weighted by molar-refractivity contribution is -0.138. The predicted octanol–water partition coefficient (Wildman–Crippen LogP) is 2.43. The number of nitrogens with zero attached hydrogens (tertiary/aromatic N) is 4. The number of halogens is 1. The fourth-order valence-electron chi connectivity index (χ4n) is 3.96. The number of sulfone groups is 1. The summed E-state index contributed by atoms with van der Waals surface area (Å²) in [6.45, 7) is 4.03. The Labute approximate surface area is 184 Å². The third-order valence-electron chi connectivity index (χ3n) is 5.38. The molecule has 0 unspecified atom stereocenters. The molecule has 164 valence electrons. The molecule has 1 aliphatic rings. The molecule has 2 aromatic heterocycles. The molecule has 1 aliphatic heterocycles. The average Bonchev–Trinajstić information content (AvgIpc) is 3.40. The molecule has 9 nitrogen and oxygen atoms in total. The van der Waals surface area contributed by atoms with E-state index in [1.165, 1.54) is 12.1 Å². The van der Waals surface area contributed by atoms with Crippen LogP contribution < -0.4 is 4.90 Å². The third-order valence-corrected chi connectivity index (χ3v) is 8.01. The topological polar surface area (TPSA) is 121 Å². The zero-order valence-corrected chi connectivity index (χ0v) is 18.6. The number of carboxylic acids is 1. The number of imidazole rings is 1. The Kier molecular flexibility index (Phi) is 5.52. The van der Waals surface area contributed by atoms with Gasteiger partial charge >= 0.3 is 5.97 Å². The molecule has 2 N–H and O–H groups in total. The number of hydrogen-bond donors (Lipinski definition) is 2. The van der Waals surface area contributed by atoms with E-state index in [9.17, 15) is 18.3 Å². The summed E-state index contributed by atoms with van der Waals surface area (Å²) in [6, 6.07) is 6.99. The fraction of sp³-hybridized carbons (Fsp3) is 0.350. The molecule has 3 heterocycles. The minimum absolute atomic E-state index is 0.0188. The highest BCUT2D eigenvalue weighted by molar-refractivity contribution is 7.92. The lowest BCUT2D eigenvalue weighted by Gasteiger charge is -2.24. The van der Waals surface area contributed by atoms with Crippen molar-refractivity contribution in [3.8, 4) is 0 Å². The van der Waals surface area contributed by atoms with Crippen LogP contribution in [0.5, 0.6) is 0 Å². The Morgan fingerprint density at radius 2 is 2.06 bits per heavy atom. The van der Waals surface area contributed by atoms with Crippen LogP contribution >= 0.6 is 11.6 Å². The molecule has 0 spiro atoms. The quantitative estimate of drug-likeness (QED) is 0.575. The average molecular weight is 464 g/mol. The van der Waals surface area contributed by atoms with Crippen molar-refractivity contribution < 1.29 is 18.3 Å². The summed E-state index contributed by atoms with van der Waals surface area (Å²) in [6.07, 6.45) is 1.65. The number of aryl methyl sites for hydroxylation is 2. The van der Waals surface area contributed by atoms with Gasteiger partial charge in [-0.25, -0.2) is 22.9 Å². The predicted molar refractivity (Wildman–Crippen MR) is 115 cm³/mol. The van der Waals surface area contributed by atoms with Gasteiger partial charge in [-0.2, -0.15) is 5.10 Å². The number of nitrogens with one attached hydrogen (secondary N) is 1.